The summed E-state index contributed by atoms with van der Waals surface area (Å²) in [5, 5.41) is 13.5. The summed E-state index contributed by atoms with van der Waals surface area (Å²) in [6.07, 6.45) is 0.218. The summed E-state index contributed by atoms with van der Waals surface area (Å²) in [7, 11) is 0. The smallest absolute Gasteiger partial charge is 0.269 e. The topological polar surface area (TPSA) is 84.7 Å². The number of carbonyl (C=O) groups is 1. The number of morpholine rings is 1. The Balaban J connectivity index is 1.96. The Hall–Kier alpha value is -1.99. The van der Waals surface area contributed by atoms with E-state index in [1.54, 1.807) is 13.0 Å². The second kappa shape index (κ2) is 6.85. The first kappa shape index (κ1) is 16.4. The SMILES string of the molecule is Cc1cc([N+](=O)[O-])ccc1NC(=O)CN1CC(C)OC(C)C1. The molecule has 1 N–H and O–H groups in total. The number of non-ortho nitro benzene ring substituents is 1. The lowest BCUT2D eigenvalue weighted by Crippen LogP contribution is -2.48. The number of carbonyl (C=O) groups excluding carboxylic acids is 1. The minimum absolute atomic E-state index is 0.0197. The molecule has 7 nitrogen and oxygen atoms in total. The van der Waals surface area contributed by atoms with Gasteiger partial charge in [-0.25, -0.2) is 0 Å². The molecule has 2 rings (SSSR count). The van der Waals surface area contributed by atoms with Crippen molar-refractivity contribution in [1.82, 2.24) is 4.90 Å². The normalized spacial score (nSPS) is 22.3. The van der Waals surface area contributed by atoms with Crippen LogP contribution in [-0.4, -0.2) is 47.6 Å². The maximum absolute atomic E-state index is 12.1. The van der Waals surface area contributed by atoms with Gasteiger partial charge in [0.2, 0.25) is 5.91 Å². The lowest BCUT2D eigenvalue weighted by Gasteiger charge is -2.34. The summed E-state index contributed by atoms with van der Waals surface area (Å²) in [4.78, 5) is 24.4. The van der Waals surface area contributed by atoms with Gasteiger partial charge in [0.25, 0.3) is 5.69 Å². The van der Waals surface area contributed by atoms with Gasteiger partial charge in [-0.1, -0.05) is 0 Å². The predicted octanol–water partition coefficient (Wildman–Crippen LogP) is 1.95. The van der Waals surface area contributed by atoms with Gasteiger partial charge in [0.05, 0.1) is 23.7 Å². The summed E-state index contributed by atoms with van der Waals surface area (Å²) in [5.74, 6) is -0.127. The third-order valence-corrected chi connectivity index (χ3v) is 3.56. The lowest BCUT2D eigenvalue weighted by molar-refractivity contribution is -0.384. The van der Waals surface area contributed by atoms with Gasteiger partial charge >= 0.3 is 0 Å². The molecule has 0 saturated carbocycles. The van der Waals surface area contributed by atoms with Crippen LogP contribution < -0.4 is 5.32 Å². The highest BCUT2D eigenvalue weighted by atomic mass is 16.6. The maximum Gasteiger partial charge on any atom is 0.269 e. The van der Waals surface area contributed by atoms with Crippen molar-refractivity contribution in [3.63, 3.8) is 0 Å². The van der Waals surface area contributed by atoms with Crippen LogP contribution in [0.3, 0.4) is 0 Å². The first-order chi connectivity index (χ1) is 10.3. The highest BCUT2D eigenvalue weighted by Crippen LogP contribution is 2.21. The van der Waals surface area contributed by atoms with E-state index in [2.05, 4.69) is 10.2 Å². The Kier molecular flexibility index (Phi) is 5.10. The van der Waals surface area contributed by atoms with Crippen LogP contribution in [0.2, 0.25) is 0 Å². The molecule has 22 heavy (non-hydrogen) atoms. The van der Waals surface area contributed by atoms with Crippen LogP contribution >= 0.6 is 0 Å². The van der Waals surface area contributed by atoms with Crippen molar-refractivity contribution < 1.29 is 14.5 Å². The zero-order valence-electron chi connectivity index (χ0n) is 13.0. The van der Waals surface area contributed by atoms with E-state index in [-0.39, 0.29) is 30.3 Å². The summed E-state index contributed by atoms with van der Waals surface area (Å²) in [6, 6.07) is 4.41. The molecule has 120 valence electrons. The van der Waals surface area contributed by atoms with E-state index < -0.39 is 4.92 Å². The number of benzene rings is 1. The van der Waals surface area contributed by atoms with Crippen molar-refractivity contribution in [2.45, 2.75) is 33.0 Å². The molecule has 1 aliphatic rings. The van der Waals surface area contributed by atoms with Crippen LogP contribution in [0.15, 0.2) is 18.2 Å². The van der Waals surface area contributed by atoms with Gasteiger partial charge in [-0.05, 0) is 32.4 Å². The molecular weight excluding hydrogens is 286 g/mol. The minimum Gasteiger partial charge on any atom is -0.373 e. The number of nitrogens with zero attached hydrogens (tertiary/aromatic N) is 2. The average molecular weight is 307 g/mol. The van der Waals surface area contributed by atoms with Gasteiger partial charge in [0.1, 0.15) is 0 Å². The van der Waals surface area contributed by atoms with Gasteiger partial charge in [0.15, 0.2) is 0 Å². The number of amides is 1. The molecule has 0 radical (unpaired) electrons. The van der Waals surface area contributed by atoms with Gasteiger partial charge in [0, 0.05) is 30.9 Å². The molecule has 2 unspecified atom stereocenters. The Morgan fingerprint density at radius 2 is 2.05 bits per heavy atom. The third kappa shape index (κ3) is 4.25. The van der Waals surface area contributed by atoms with Crippen molar-refractivity contribution in [2.24, 2.45) is 0 Å². The molecule has 0 spiro atoms. The van der Waals surface area contributed by atoms with Crippen LogP contribution in [0, 0.1) is 17.0 Å². The molecule has 1 fully saturated rings. The monoisotopic (exact) mass is 307 g/mol. The van der Waals surface area contributed by atoms with Gasteiger partial charge in [-0.15, -0.1) is 0 Å². The fraction of sp³-hybridized carbons (Fsp3) is 0.533. The van der Waals surface area contributed by atoms with E-state index in [0.29, 0.717) is 11.3 Å². The highest BCUT2D eigenvalue weighted by Gasteiger charge is 2.23. The zero-order chi connectivity index (χ0) is 16.3. The zero-order valence-corrected chi connectivity index (χ0v) is 13.0. The van der Waals surface area contributed by atoms with Crippen LogP contribution in [-0.2, 0) is 9.53 Å². The second-order valence-electron chi connectivity index (χ2n) is 5.76. The number of nitro benzene ring substituents is 1. The average Bonchev–Trinajstić information content (AvgIpc) is 2.39. The molecule has 1 aromatic carbocycles. The molecule has 1 aliphatic heterocycles. The number of rotatable bonds is 4. The first-order valence-corrected chi connectivity index (χ1v) is 7.28. The fourth-order valence-corrected chi connectivity index (χ4v) is 2.71. The summed E-state index contributed by atoms with van der Waals surface area (Å²) < 4.78 is 5.63. The Morgan fingerprint density at radius 3 is 2.59 bits per heavy atom. The standard InChI is InChI=1S/C15H21N3O4/c1-10-6-13(18(20)21)4-5-14(10)16-15(19)9-17-7-11(2)22-12(3)8-17/h4-6,11-12H,7-9H2,1-3H3,(H,16,19). The van der Waals surface area contributed by atoms with Crippen LogP contribution in [0.5, 0.6) is 0 Å². The van der Waals surface area contributed by atoms with Crippen molar-refractivity contribution in [1.29, 1.82) is 0 Å². The summed E-state index contributed by atoms with van der Waals surface area (Å²) >= 11 is 0. The predicted molar refractivity (Wildman–Crippen MR) is 82.9 cm³/mol. The van der Waals surface area contributed by atoms with E-state index in [1.165, 1.54) is 12.1 Å². The fourth-order valence-electron chi connectivity index (χ4n) is 2.71. The molecule has 0 bridgehead atoms. The molecule has 1 amide bonds. The van der Waals surface area contributed by atoms with Crippen LogP contribution in [0.4, 0.5) is 11.4 Å². The second-order valence-corrected chi connectivity index (χ2v) is 5.76. The minimum atomic E-state index is -0.449. The quantitative estimate of drug-likeness (QED) is 0.679. The van der Waals surface area contributed by atoms with E-state index >= 15 is 0 Å². The molecule has 2 atom stereocenters. The van der Waals surface area contributed by atoms with E-state index in [9.17, 15) is 14.9 Å². The first-order valence-electron chi connectivity index (χ1n) is 7.28. The molecule has 0 aromatic heterocycles. The number of ether oxygens (including phenoxy) is 1. The van der Waals surface area contributed by atoms with Gasteiger partial charge < -0.3 is 10.1 Å². The molecular formula is C15H21N3O4. The third-order valence-electron chi connectivity index (χ3n) is 3.56. The van der Waals surface area contributed by atoms with E-state index in [1.807, 2.05) is 13.8 Å². The van der Waals surface area contributed by atoms with Crippen molar-refractivity contribution in [3.8, 4) is 0 Å². The van der Waals surface area contributed by atoms with Gasteiger partial charge in [-0.3, -0.25) is 19.8 Å². The molecule has 0 aliphatic carbocycles. The number of nitro groups is 1. The van der Waals surface area contributed by atoms with Crippen molar-refractivity contribution >= 4 is 17.3 Å². The van der Waals surface area contributed by atoms with Crippen LogP contribution in [0.25, 0.3) is 0 Å². The number of anilines is 1. The lowest BCUT2D eigenvalue weighted by atomic mass is 10.1. The molecule has 7 heteroatoms. The molecule has 1 heterocycles. The Morgan fingerprint density at radius 1 is 1.41 bits per heavy atom. The number of hydrogen-bond donors (Lipinski definition) is 1. The maximum atomic E-state index is 12.1. The van der Waals surface area contributed by atoms with Crippen molar-refractivity contribution in [2.75, 3.05) is 25.0 Å². The molecule has 1 aromatic rings. The molecule has 1 saturated heterocycles. The van der Waals surface area contributed by atoms with Gasteiger partial charge in [-0.2, -0.15) is 0 Å². The number of hydrogen-bond acceptors (Lipinski definition) is 5. The summed E-state index contributed by atoms with van der Waals surface area (Å²) in [6.45, 7) is 7.44. The largest absolute Gasteiger partial charge is 0.373 e. The summed E-state index contributed by atoms with van der Waals surface area (Å²) in [5.41, 5.74) is 1.29. The Labute approximate surface area is 129 Å². The van der Waals surface area contributed by atoms with Crippen LogP contribution in [0.1, 0.15) is 19.4 Å². The van der Waals surface area contributed by atoms with Crippen molar-refractivity contribution in [3.05, 3.63) is 33.9 Å². The number of nitrogens with one attached hydrogen (secondary N) is 1. The Bertz CT molecular complexity index is 566. The van der Waals surface area contributed by atoms with E-state index in [4.69, 9.17) is 4.74 Å². The van der Waals surface area contributed by atoms with E-state index in [0.717, 1.165) is 13.1 Å². The number of aryl methyl sites for hydroxylation is 1. The highest BCUT2D eigenvalue weighted by molar-refractivity contribution is 5.93.